The number of hydrogen-bond donors (Lipinski definition) is 1. The van der Waals surface area contributed by atoms with Crippen LogP contribution in [0.25, 0.3) is 0 Å². The molecule has 1 rings (SSSR count). The zero-order valence-corrected chi connectivity index (χ0v) is 13.8. The minimum Gasteiger partial charge on any atom is -0.465 e. The van der Waals surface area contributed by atoms with E-state index in [1.807, 2.05) is 11.6 Å². The van der Waals surface area contributed by atoms with Gasteiger partial charge in [-0.05, 0) is 45.2 Å². The summed E-state index contributed by atoms with van der Waals surface area (Å²) in [5, 5.41) is 7.86. The molecule has 5 heteroatoms. The predicted octanol–water partition coefficient (Wildman–Crippen LogP) is 2.33. The smallest absolute Gasteiger partial charge is 0.323 e. The fraction of sp³-hybridized carbons (Fsp3) is 0.750. The quantitative estimate of drug-likeness (QED) is 0.673. The molecule has 0 aliphatic carbocycles. The van der Waals surface area contributed by atoms with Gasteiger partial charge in [-0.15, -0.1) is 0 Å². The van der Waals surface area contributed by atoms with Crippen molar-refractivity contribution in [3.63, 3.8) is 0 Å². The van der Waals surface area contributed by atoms with Gasteiger partial charge in [-0.3, -0.25) is 9.48 Å². The number of aryl methyl sites for hydroxylation is 3. The molecule has 0 fully saturated rings. The highest BCUT2D eigenvalue weighted by Crippen LogP contribution is 2.09. The maximum absolute atomic E-state index is 12.0. The lowest BCUT2D eigenvalue weighted by atomic mass is 10.2. The molecule has 0 amide bonds. The largest absolute Gasteiger partial charge is 0.465 e. The number of carbonyl (C=O) groups is 1. The van der Waals surface area contributed by atoms with Crippen LogP contribution in [0.2, 0.25) is 0 Å². The van der Waals surface area contributed by atoms with Crippen LogP contribution >= 0.6 is 0 Å². The average molecular weight is 295 g/mol. The van der Waals surface area contributed by atoms with E-state index in [-0.39, 0.29) is 12.0 Å². The number of nitrogens with zero attached hydrogens (tertiary/aromatic N) is 2. The highest BCUT2D eigenvalue weighted by atomic mass is 16.5. The van der Waals surface area contributed by atoms with E-state index in [2.05, 4.69) is 37.3 Å². The van der Waals surface area contributed by atoms with Gasteiger partial charge in [0.15, 0.2) is 0 Å². The average Bonchev–Trinajstić information content (AvgIpc) is 2.90. The Kier molecular flexibility index (Phi) is 8.05. The summed E-state index contributed by atoms with van der Waals surface area (Å²) in [6, 6.07) is 1.91. The van der Waals surface area contributed by atoms with Crippen molar-refractivity contribution in [2.45, 2.75) is 66.0 Å². The Labute approximate surface area is 128 Å². The van der Waals surface area contributed by atoms with Crippen molar-refractivity contribution in [2.75, 3.05) is 13.2 Å². The molecule has 0 aromatic carbocycles. The lowest BCUT2D eigenvalue weighted by Crippen LogP contribution is -2.39. The van der Waals surface area contributed by atoms with Crippen LogP contribution in [0.4, 0.5) is 0 Å². The van der Waals surface area contributed by atoms with E-state index in [9.17, 15) is 4.79 Å². The van der Waals surface area contributed by atoms with Gasteiger partial charge in [-0.1, -0.05) is 20.8 Å². The SMILES string of the molecule is CCCNC(CCn1nc(CC)cc1CC)C(=O)OCC. The van der Waals surface area contributed by atoms with Crippen molar-refractivity contribution >= 4 is 5.97 Å². The van der Waals surface area contributed by atoms with Crippen LogP contribution in [0, 0.1) is 0 Å². The van der Waals surface area contributed by atoms with Crippen molar-refractivity contribution < 1.29 is 9.53 Å². The molecule has 1 unspecified atom stereocenters. The second kappa shape index (κ2) is 9.55. The Bertz CT molecular complexity index is 429. The normalized spacial score (nSPS) is 12.4. The molecule has 1 atom stereocenters. The second-order valence-corrected chi connectivity index (χ2v) is 5.10. The summed E-state index contributed by atoms with van der Waals surface area (Å²) in [5.41, 5.74) is 2.34. The predicted molar refractivity (Wildman–Crippen MR) is 84.3 cm³/mol. The van der Waals surface area contributed by atoms with Crippen LogP contribution in [0.3, 0.4) is 0 Å². The van der Waals surface area contributed by atoms with E-state index >= 15 is 0 Å². The van der Waals surface area contributed by atoms with Gasteiger partial charge in [0.1, 0.15) is 6.04 Å². The van der Waals surface area contributed by atoms with E-state index in [4.69, 9.17) is 4.74 Å². The van der Waals surface area contributed by atoms with E-state index in [0.29, 0.717) is 13.0 Å². The van der Waals surface area contributed by atoms with Crippen molar-refractivity contribution in [1.82, 2.24) is 15.1 Å². The molecule has 120 valence electrons. The molecule has 0 aliphatic heterocycles. The molecule has 0 spiro atoms. The summed E-state index contributed by atoms with van der Waals surface area (Å²) in [6.07, 6.45) is 3.60. The van der Waals surface area contributed by atoms with Gasteiger partial charge < -0.3 is 10.1 Å². The number of aromatic nitrogens is 2. The van der Waals surface area contributed by atoms with Crippen LogP contribution in [-0.2, 0) is 28.9 Å². The lowest BCUT2D eigenvalue weighted by molar-refractivity contribution is -0.145. The molecule has 21 heavy (non-hydrogen) atoms. The summed E-state index contributed by atoms with van der Waals surface area (Å²) < 4.78 is 7.17. The Morgan fingerprint density at radius 1 is 1.33 bits per heavy atom. The summed E-state index contributed by atoms with van der Waals surface area (Å²) in [7, 11) is 0. The molecule has 0 radical (unpaired) electrons. The zero-order chi connectivity index (χ0) is 15.7. The fourth-order valence-corrected chi connectivity index (χ4v) is 2.28. The molecule has 1 aromatic heterocycles. The second-order valence-electron chi connectivity index (χ2n) is 5.10. The fourth-order valence-electron chi connectivity index (χ4n) is 2.28. The van der Waals surface area contributed by atoms with Crippen LogP contribution in [-0.4, -0.2) is 34.9 Å². The third kappa shape index (κ3) is 5.50. The van der Waals surface area contributed by atoms with Crippen molar-refractivity contribution in [3.05, 3.63) is 17.5 Å². The molecule has 0 saturated carbocycles. The molecular weight excluding hydrogens is 266 g/mol. The molecule has 1 aromatic rings. The van der Waals surface area contributed by atoms with Crippen LogP contribution in [0.5, 0.6) is 0 Å². The number of hydrogen-bond acceptors (Lipinski definition) is 4. The maximum Gasteiger partial charge on any atom is 0.323 e. The van der Waals surface area contributed by atoms with Gasteiger partial charge >= 0.3 is 5.97 Å². The standard InChI is InChI=1S/C16H29N3O2/c1-5-10-17-15(16(20)21-8-4)9-11-19-14(7-3)12-13(6-2)18-19/h12,15,17H,5-11H2,1-4H3. The summed E-state index contributed by atoms with van der Waals surface area (Å²) in [4.78, 5) is 12.0. The maximum atomic E-state index is 12.0. The van der Waals surface area contributed by atoms with Gasteiger partial charge in [0.25, 0.3) is 0 Å². The summed E-state index contributed by atoms with van der Waals surface area (Å²) >= 11 is 0. The first kappa shape index (κ1) is 17.7. The molecule has 5 nitrogen and oxygen atoms in total. The Balaban J connectivity index is 2.66. The third-order valence-corrected chi connectivity index (χ3v) is 3.48. The lowest BCUT2D eigenvalue weighted by Gasteiger charge is -2.17. The number of carbonyl (C=O) groups excluding carboxylic acids is 1. The van der Waals surface area contributed by atoms with Crippen LogP contribution < -0.4 is 5.32 Å². The highest BCUT2D eigenvalue weighted by Gasteiger charge is 2.19. The summed E-state index contributed by atoms with van der Waals surface area (Å²) in [5.74, 6) is -0.160. The Morgan fingerprint density at radius 2 is 2.10 bits per heavy atom. The first-order valence-corrected chi connectivity index (χ1v) is 8.11. The molecule has 0 saturated heterocycles. The van der Waals surface area contributed by atoms with Gasteiger partial charge in [-0.2, -0.15) is 5.10 Å². The topological polar surface area (TPSA) is 56.2 Å². The molecule has 0 aliphatic rings. The minimum atomic E-state index is -0.246. The molecule has 1 N–H and O–H groups in total. The van der Waals surface area contributed by atoms with Gasteiger partial charge in [-0.25, -0.2) is 0 Å². The third-order valence-electron chi connectivity index (χ3n) is 3.48. The van der Waals surface area contributed by atoms with Gasteiger partial charge in [0, 0.05) is 12.2 Å². The molecular formula is C16H29N3O2. The van der Waals surface area contributed by atoms with Crippen molar-refractivity contribution in [3.8, 4) is 0 Å². The van der Waals surface area contributed by atoms with E-state index in [1.54, 1.807) is 0 Å². The molecule has 0 bridgehead atoms. The van der Waals surface area contributed by atoms with E-state index in [0.717, 1.165) is 38.0 Å². The van der Waals surface area contributed by atoms with Crippen LogP contribution in [0.1, 0.15) is 51.9 Å². The highest BCUT2D eigenvalue weighted by molar-refractivity contribution is 5.75. The first-order valence-electron chi connectivity index (χ1n) is 8.11. The molecule has 1 heterocycles. The first-order chi connectivity index (χ1) is 10.2. The van der Waals surface area contributed by atoms with E-state index in [1.165, 1.54) is 5.69 Å². The van der Waals surface area contributed by atoms with Gasteiger partial charge in [0.05, 0.1) is 12.3 Å². The van der Waals surface area contributed by atoms with Crippen molar-refractivity contribution in [1.29, 1.82) is 0 Å². The Morgan fingerprint density at radius 3 is 2.67 bits per heavy atom. The van der Waals surface area contributed by atoms with Crippen molar-refractivity contribution in [2.24, 2.45) is 0 Å². The van der Waals surface area contributed by atoms with Crippen LogP contribution in [0.15, 0.2) is 6.07 Å². The number of rotatable bonds is 10. The zero-order valence-electron chi connectivity index (χ0n) is 13.8. The Hall–Kier alpha value is -1.36. The monoisotopic (exact) mass is 295 g/mol. The summed E-state index contributed by atoms with van der Waals surface area (Å²) in [6.45, 7) is 10.1. The number of ether oxygens (including phenoxy) is 1. The van der Waals surface area contributed by atoms with Gasteiger partial charge in [0.2, 0.25) is 0 Å². The number of nitrogens with one attached hydrogen (secondary N) is 1. The number of esters is 1. The van der Waals surface area contributed by atoms with E-state index < -0.39 is 0 Å². The minimum absolute atomic E-state index is 0.160.